The molecule has 1 aliphatic rings. The molecule has 1 fully saturated rings. The lowest BCUT2D eigenvalue weighted by atomic mass is 10.2. The summed E-state index contributed by atoms with van der Waals surface area (Å²) in [5.41, 5.74) is 1.00. The Hall–Kier alpha value is -2.12. The number of rotatable bonds is 6. The molecule has 0 saturated carbocycles. The van der Waals surface area contributed by atoms with Gasteiger partial charge in [-0.3, -0.25) is 5.32 Å². The predicted octanol–water partition coefficient (Wildman–Crippen LogP) is 3.02. The number of thiazole rings is 1. The molecule has 2 amide bonds. The van der Waals surface area contributed by atoms with E-state index in [1.54, 1.807) is 6.20 Å². The van der Waals surface area contributed by atoms with Crippen LogP contribution in [0.1, 0.15) is 18.4 Å². The first-order chi connectivity index (χ1) is 11.3. The fourth-order valence-electron chi connectivity index (χ4n) is 2.28. The number of aromatic nitrogens is 1. The van der Waals surface area contributed by atoms with Crippen LogP contribution in [0.4, 0.5) is 9.93 Å². The van der Waals surface area contributed by atoms with Crippen LogP contribution in [0.5, 0.6) is 5.75 Å². The molecule has 2 N–H and O–H groups in total. The Morgan fingerprint density at radius 1 is 1.39 bits per heavy atom. The quantitative estimate of drug-likeness (QED) is 0.852. The molecule has 6 nitrogen and oxygen atoms in total. The fourth-order valence-corrected chi connectivity index (χ4v) is 2.80. The second-order valence-corrected chi connectivity index (χ2v) is 6.13. The lowest BCUT2D eigenvalue weighted by Gasteiger charge is -2.12. The van der Waals surface area contributed by atoms with E-state index in [9.17, 15) is 4.79 Å². The smallest absolute Gasteiger partial charge is 0.321 e. The third-order valence-corrected chi connectivity index (χ3v) is 4.18. The van der Waals surface area contributed by atoms with Gasteiger partial charge >= 0.3 is 6.03 Å². The second-order valence-electron chi connectivity index (χ2n) is 5.23. The predicted molar refractivity (Wildman–Crippen MR) is 88.9 cm³/mol. The van der Waals surface area contributed by atoms with Crippen molar-refractivity contribution >= 4 is 22.5 Å². The van der Waals surface area contributed by atoms with E-state index >= 15 is 0 Å². The first-order valence-electron chi connectivity index (χ1n) is 7.57. The van der Waals surface area contributed by atoms with E-state index in [-0.39, 0.29) is 12.1 Å². The van der Waals surface area contributed by atoms with Gasteiger partial charge in [-0.2, -0.15) is 0 Å². The van der Waals surface area contributed by atoms with Crippen molar-refractivity contribution in [3.8, 4) is 5.75 Å². The number of urea groups is 1. The van der Waals surface area contributed by atoms with E-state index in [2.05, 4.69) is 15.6 Å². The molecule has 2 aromatic rings. The molecule has 3 rings (SSSR count). The molecule has 1 aliphatic heterocycles. The van der Waals surface area contributed by atoms with Gasteiger partial charge in [-0.05, 0) is 30.5 Å². The zero-order chi connectivity index (χ0) is 15.9. The summed E-state index contributed by atoms with van der Waals surface area (Å²) in [7, 11) is 0. The van der Waals surface area contributed by atoms with Crippen molar-refractivity contribution in [2.75, 3.05) is 18.5 Å². The highest BCUT2D eigenvalue weighted by molar-refractivity contribution is 7.13. The van der Waals surface area contributed by atoms with Gasteiger partial charge < -0.3 is 14.8 Å². The average molecular weight is 333 g/mol. The van der Waals surface area contributed by atoms with Crippen molar-refractivity contribution in [3.05, 3.63) is 41.4 Å². The van der Waals surface area contributed by atoms with Crippen molar-refractivity contribution < 1.29 is 14.3 Å². The summed E-state index contributed by atoms with van der Waals surface area (Å²) in [6.07, 6.45) is 4.04. The van der Waals surface area contributed by atoms with Gasteiger partial charge in [0.25, 0.3) is 0 Å². The molecule has 0 unspecified atom stereocenters. The number of hydrogen-bond acceptors (Lipinski definition) is 5. The lowest BCUT2D eigenvalue weighted by molar-refractivity contribution is 0.0679. The highest BCUT2D eigenvalue weighted by atomic mass is 32.1. The maximum atomic E-state index is 11.7. The molecule has 23 heavy (non-hydrogen) atoms. The molecule has 1 aromatic carbocycles. The second kappa shape index (κ2) is 7.94. The number of hydrogen-bond donors (Lipinski definition) is 2. The van der Waals surface area contributed by atoms with E-state index < -0.39 is 0 Å². The van der Waals surface area contributed by atoms with Gasteiger partial charge in [0.05, 0.1) is 6.10 Å². The highest BCUT2D eigenvalue weighted by Crippen LogP contribution is 2.16. The van der Waals surface area contributed by atoms with Crippen molar-refractivity contribution in [1.82, 2.24) is 10.3 Å². The summed E-state index contributed by atoms with van der Waals surface area (Å²) in [5, 5.41) is 7.86. The maximum absolute atomic E-state index is 11.7. The molecular formula is C16H19N3O3S. The van der Waals surface area contributed by atoms with Crippen LogP contribution >= 0.6 is 11.3 Å². The summed E-state index contributed by atoms with van der Waals surface area (Å²) in [6.45, 7) is 1.87. The monoisotopic (exact) mass is 333 g/mol. The van der Waals surface area contributed by atoms with Crippen LogP contribution in [0.2, 0.25) is 0 Å². The van der Waals surface area contributed by atoms with Gasteiger partial charge in [-0.1, -0.05) is 12.1 Å². The summed E-state index contributed by atoms with van der Waals surface area (Å²) >= 11 is 1.38. The van der Waals surface area contributed by atoms with Crippen LogP contribution in [0, 0.1) is 0 Å². The number of nitrogens with zero attached hydrogens (tertiary/aromatic N) is 1. The van der Waals surface area contributed by atoms with Gasteiger partial charge in [0, 0.05) is 24.7 Å². The Morgan fingerprint density at radius 3 is 2.96 bits per heavy atom. The Kier molecular flexibility index (Phi) is 5.44. The van der Waals surface area contributed by atoms with Crippen molar-refractivity contribution in [3.63, 3.8) is 0 Å². The minimum Gasteiger partial charge on any atom is -0.491 e. The van der Waals surface area contributed by atoms with Crippen LogP contribution in [0.25, 0.3) is 0 Å². The first kappa shape index (κ1) is 15.8. The van der Waals surface area contributed by atoms with E-state index in [1.165, 1.54) is 11.3 Å². The Balaban J connectivity index is 1.41. The Morgan fingerprint density at radius 2 is 2.26 bits per heavy atom. The maximum Gasteiger partial charge on any atom is 0.321 e. The molecule has 1 saturated heterocycles. The number of amides is 2. The zero-order valence-corrected chi connectivity index (χ0v) is 13.5. The first-order valence-corrected chi connectivity index (χ1v) is 8.45. The van der Waals surface area contributed by atoms with Crippen LogP contribution < -0.4 is 15.4 Å². The number of nitrogens with one attached hydrogen (secondary N) is 2. The summed E-state index contributed by atoms with van der Waals surface area (Å²) in [6, 6.07) is 7.43. The van der Waals surface area contributed by atoms with Crippen LogP contribution in [0.15, 0.2) is 35.8 Å². The molecule has 2 heterocycles. The topological polar surface area (TPSA) is 72.5 Å². The molecule has 7 heteroatoms. The van der Waals surface area contributed by atoms with E-state index in [1.807, 2.05) is 29.6 Å². The fraction of sp³-hybridized carbons (Fsp3) is 0.375. The minimum absolute atomic E-state index is 0.214. The largest absolute Gasteiger partial charge is 0.491 e. The molecular weight excluding hydrogens is 314 g/mol. The SMILES string of the molecule is O=C(NCc1ccc(OC[C@@H]2CCCO2)cc1)Nc1nccs1. The van der Waals surface area contributed by atoms with Crippen molar-refractivity contribution in [2.45, 2.75) is 25.5 Å². The van der Waals surface area contributed by atoms with Gasteiger partial charge in [-0.25, -0.2) is 9.78 Å². The van der Waals surface area contributed by atoms with Gasteiger partial charge in [-0.15, -0.1) is 11.3 Å². The zero-order valence-electron chi connectivity index (χ0n) is 12.7. The summed E-state index contributed by atoms with van der Waals surface area (Å²) < 4.78 is 11.2. The molecule has 0 radical (unpaired) electrons. The van der Waals surface area contributed by atoms with Crippen LogP contribution in [0.3, 0.4) is 0 Å². The lowest BCUT2D eigenvalue weighted by Crippen LogP contribution is -2.28. The molecule has 0 bridgehead atoms. The van der Waals surface area contributed by atoms with E-state index in [0.717, 1.165) is 30.8 Å². The third-order valence-electron chi connectivity index (χ3n) is 3.49. The molecule has 1 atom stereocenters. The molecule has 0 aliphatic carbocycles. The average Bonchev–Trinajstić information content (AvgIpc) is 3.25. The van der Waals surface area contributed by atoms with Gasteiger partial charge in [0.1, 0.15) is 12.4 Å². The van der Waals surface area contributed by atoms with E-state index in [0.29, 0.717) is 18.3 Å². The number of carbonyl (C=O) groups is 1. The highest BCUT2D eigenvalue weighted by Gasteiger charge is 2.15. The van der Waals surface area contributed by atoms with Crippen LogP contribution in [-0.2, 0) is 11.3 Å². The molecule has 0 spiro atoms. The number of anilines is 1. The molecule has 1 aromatic heterocycles. The number of ether oxygens (including phenoxy) is 2. The summed E-state index contributed by atoms with van der Waals surface area (Å²) in [4.78, 5) is 15.7. The van der Waals surface area contributed by atoms with E-state index in [4.69, 9.17) is 9.47 Å². The number of benzene rings is 1. The summed E-state index contributed by atoms with van der Waals surface area (Å²) in [5.74, 6) is 0.816. The van der Waals surface area contributed by atoms with Gasteiger partial charge in [0.15, 0.2) is 5.13 Å². The van der Waals surface area contributed by atoms with Crippen LogP contribution in [-0.4, -0.2) is 30.3 Å². The standard InChI is InChI=1S/C16H19N3O3S/c20-15(19-16-17-7-9-23-16)18-10-12-3-5-13(6-4-12)22-11-14-2-1-8-21-14/h3-7,9,14H,1-2,8,10-11H2,(H2,17,18,19,20)/t14-/m0/s1. The van der Waals surface area contributed by atoms with Gasteiger partial charge in [0.2, 0.25) is 0 Å². The third kappa shape index (κ3) is 4.94. The minimum atomic E-state index is -0.265. The molecule has 122 valence electrons. The Bertz CT molecular complexity index is 610. The van der Waals surface area contributed by atoms with Crippen molar-refractivity contribution in [1.29, 1.82) is 0 Å². The normalized spacial score (nSPS) is 17.0. The Labute approximate surface area is 138 Å². The van der Waals surface area contributed by atoms with Crippen molar-refractivity contribution in [2.24, 2.45) is 0 Å². The number of carbonyl (C=O) groups excluding carboxylic acids is 1.